The van der Waals surface area contributed by atoms with Crippen LogP contribution in [0, 0.1) is 12.8 Å². The molecule has 0 aliphatic heterocycles. The van der Waals surface area contributed by atoms with Crippen LogP contribution in [0.15, 0.2) is 24.5 Å². The van der Waals surface area contributed by atoms with Crippen molar-refractivity contribution in [2.45, 2.75) is 33.7 Å². The van der Waals surface area contributed by atoms with Crippen molar-refractivity contribution in [2.24, 2.45) is 5.92 Å². The molecule has 2 rings (SSSR count). The Hall–Kier alpha value is -1.31. The van der Waals surface area contributed by atoms with Gasteiger partial charge in [-0.3, -0.25) is 0 Å². The van der Waals surface area contributed by atoms with Crippen LogP contribution in [0.5, 0.6) is 0 Å². The van der Waals surface area contributed by atoms with E-state index >= 15 is 0 Å². The molecule has 0 atom stereocenters. The third-order valence-electron chi connectivity index (χ3n) is 2.79. The van der Waals surface area contributed by atoms with Crippen LogP contribution in [0.4, 0.5) is 0 Å². The summed E-state index contributed by atoms with van der Waals surface area (Å²) in [5.41, 5.74) is 3.71. The first-order chi connectivity index (χ1) is 7.18. The van der Waals surface area contributed by atoms with Gasteiger partial charge in [-0.1, -0.05) is 26.0 Å². The Bertz CT molecular complexity index is 455. The summed E-state index contributed by atoms with van der Waals surface area (Å²) < 4.78 is 2.27. The average molecular weight is 202 g/mol. The molecule has 2 aromatic rings. The summed E-state index contributed by atoms with van der Waals surface area (Å²) in [6.07, 6.45) is 3.17. The third kappa shape index (κ3) is 2.04. The summed E-state index contributed by atoms with van der Waals surface area (Å²) in [6.45, 7) is 7.73. The third-order valence-corrected chi connectivity index (χ3v) is 2.79. The van der Waals surface area contributed by atoms with E-state index in [1.54, 1.807) is 0 Å². The van der Waals surface area contributed by atoms with Crippen molar-refractivity contribution in [2.75, 3.05) is 0 Å². The van der Waals surface area contributed by atoms with E-state index in [1.165, 1.54) is 17.5 Å². The summed E-state index contributed by atoms with van der Waals surface area (Å²) in [4.78, 5) is 4.42. The van der Waals surface area contributed by atoms with E-state index in [1.807, 2.05) is 6.33 Å². The molecule has 0 saturated carbocycles. The Labute approximate surface area is 90.9 Å². The second kappa shape index (κ2) is 4.05. The molecule has 0 bridgehead atoms. The molecule has 0 fully saturated rings. The Morgan fingerprint density at radius 3 is 2.87 bits per heavy atom. The highest BCUT2D eigenvalue weighted by Gasteiger charge is 2.05. The van der Waals surface area contributed by atoms with Gasteiger partial charge in [-0.15, -0.1) is 0 Å². The van der Waals surface area contributed by atoms with E-state index in [0.717, 1.165) is 18.0 Å². The summed E-state index contributed by atoms with van der Waals surface area (Å²) >= 11 is 0. The molecular weight excluding hydrogens is 184 g/mol. The van der Waals surface area contributed by atoms with Gasteiger partial charge in [-0.05, 0) is 30.9 Å². The van der Waals surface area contributed by atoms with Gasteiger partial charge in [0.05, 0.1) is 17.4 Å². The Morgan fingerprint density at radius 2 is 2.13 bits per heavy atom. The number of rotatable bonds is 3. The molecule has 0 N–H and O–H groups in total. The Morgan fingerprint density at radius 1 is 1.33 bits per heavy atom. The lowest BCUT2D eigenvalue weighted by molar-refractivity contribution is 0.522. The Balaban J connectivity index is 2.35. The first-order valence-corrected chi connectivity index (χ1v) is 5.59. The second-order valence-corrected chi connectivity index (χ2v) is 4.56. The molecule has 0 aliphatic carbocycles. The van der Waals surface area contributed by atoms with E-state index in [9.17, 15) is 0 Å². The Kier molecular flexibility index (Phi) is 2.76. The number of aryl methyl sites for hydroxylation is 2. The summed E-state index contributed by atoms with van der Waals surface area (Å²) in [6, 6.07) is 6.29. The molecule has 0 unspecified atom stereocenters. The standard InChI is InChI=1S/C13H18N2/c1-10(2)7-8-15-9-14-12-6-4-5-11(3)13(12)15/h4-6,9-10H,7-8H2,1-3H3. The van der Waals surface area contributed by atoms with E-state index in [4.69, 9.17) is 0 Å². The van der Waals surface area contributed by atoms with E-state index in [-0.39, 0.29) is 0 Å². The minimum absolute atomic E-state index is 0.742. The minimum atomic E-state index is 0.742. The molecule has 0 radical (unpaired) electrons. The first kappa shape index (κ1) is 10.2. The molecule has 2 heteroatoms. The molecule has 15 heavy (non-hydrogen) atoms. The van der Waals surface area contributed by atoms with Gasteiger partial charge in [0.1, 0.15) is 0 Å². The molecule has 0 amide bonds. The van der Waals surface area contributed by atoms with Crippen molar-refractivity contribution in [3.63, 3.8) is 0 Å². The topological polar surface area (TPSA) is 17.8 Å². The van der Waals surface area contributed by atoms with Gasteiger partial charge in [0.15, 0.2) is 0 Å². The molecule has 1 aromatic heterocycles. The predicted molar refractivity (Wildman–Crippen MR) is 63.9 cm³/mol. The fourth-order valence-corrected chi connectivity index (χ4v) is 1.88. The van der Waals surface area contributed by atoms with E-state index < -0.39 is 0 Å². The van der Waals surface area contributed by atoms with Gasteiger partial charge in [0.2, 0.25) is 0 Å². The van der Waals surface area contributed by atoms with Gasteiger partial charge >= 0.3 is 0 Å². The second-order valence-electron chi connectivity index (χ2n) is 4.56. The number of imidazole rings is 1. The molecule has 0 aliphatic rings. The van der Waals surface area contributed by atoms with Crippen LogP contribution in [-0.4, -0.2) is 9.55 Å². The normalized spacial score (nSPS) is 11.5. The highest BCUT2D eigenvalue weighted by atomic mass is 15.0. The van der Waals surface area contributed by atoms with Crippen LogP contribution in [0.3, 0.4) is 0 Å². The summed E-state index contributed by atoms with van der Waals surface area (Å²) in [5, 5.41) is 0. The monoisotopic (exact) mass is 202 g/mol. The van der Waals surface area contributed by atoms with Crippen molar-refractivity contribution in [1.29, 1.82) is 0 Å². The number of aromatic nitrogens is 2. The zero-order valence-corrected chi connectivity index (χ0v) is 9.70. The largest absolute Gasteiger partial charge is 0.330 e. The zero-order chi connectivity index (χ0) is 10.8. The molecule has 0 spiro atoms. The number of benzene rings is 1. The fraction of sp³-hybridized carbons (Fsp3) is 0.462. The van der Waals surface area contributed by atoms with Gasteiger partial charge < -0.3 is 4.57 Å². The van der Waals surface area contributed by atoms with Gasteiger partial charge in [0, 0.05) is 6.54 Å². The molecule has 0 saturated heterocycles. The molecule has 80 valence electrons. The lowest BCUT2D eigenvalue weighted by Gasteiger charge is -2.08. The smallest absolute Gasteiger partial charge is 0.0958 e. The lowest BCUT2D eigenvalue weighted by atomic mass is 10.1. The van der Waals surface area contributed by atoms with E-state index in [0.29, 0.717) is 0 Å². The average Bonchev–Trinajstić information content (AvgIpc) is 2.59. The SMILES string of the molecule is Cc1cccc2ncn(CCC(C)C)c12. The lowest BCUT2D eigenvalue weighted by Crippen LogP contribution is -2.00. The number of nitrogens with zero attached hydrogens (tertiary/aromatic N) is 2. The highest BCUT2D eigenvalue weighted by Crippen LogP contribution is 2.18. The highest BCUT2D eigenvalue weighted by molar-refractivity contribution is 5.78. The maximum absolute atomic E-state index is 4.42. The molecule has 2 nitrogen and oxygen atoms in total. The number of hydrogen-bond donors (Lipinski definition) is 0. The van der Waals surface area contributed by atoms with Crippen LogP contribution in [-0.2, 0) is 6.54 Å². The first-order valence-electron chi connectivity index (χ1n) is 5.59. The van der Waals surface area contributed by atoms with Gasteiger partial charge in [0.25, 0.3) is 0 Å². The van der Waals surface area contributed by atoms with Crippen LogP contribution in [0.2, 0.25) is 0 Å². The maximum atomic E-state index is 4.42. The van der Waals surface area contributed by atoms with Crippen LogP contribution < -0.4 is 0 Å². The van der Waals surface area contributed by atoms with E-state index in [2.05, 4.69) is 48.5 Å². The summed E-state index contributed by atoms with van der Waals surface area (Å²) in [7, 11) is 0. The molecule has 1 heterocycles. The van der Waals surface area contributed by atoms with Gasteiger partial charge in [-0.2, -0.15) is 0 Å². The van der Waals surface area contributed by atoms with Crippen molar-refractivity contribution in [3.8, 4) is 0 Å². The minimum Gasteiger partial charge on any atom is -0.330 e. The van der Waals surface area contributed by atoms with Gasteiger partial charge in [-0.25, -0.2) is 4.98 Å². The van der Waals surface area contributed by atoms with Crippen molar-refractivity contribution < 1.29 is 0 Å². The van der Waals surface area contributed by atoms with Crippen molar-refractivity contribution >= 4 is 11.0 Å². The van der Waals surface area contributed by atoms with Crippen LogP contribution in [0.1, 0.15) is 25.8 Å². The maximum Gasteiger partial charge on any atom is 0.0958 e. The molecule has 1 aromatic carbocycles. The van der Waals surface area contributed by atoms with Crippen molar-refractivity contribution in [1.82, 2.24) is 9.55 Å². The van der Waals surface area contributed by atoms with Crippen LogP contribution in [0.25, 0.3) is 11.0 Å². The molecular formula is C13H18N2. The quantitative estimate of drug-likeness (QED) is 0.746. The number of para-hydroxylation sites is 1. The number of hydrogen-bond acceptors (Lipinski definition) is 1. The van der Waals surface area contributed by atoms with Crippen molar-refractivity contribution in [3.05, 3.63) is 30.1 Å². The number of fused-ring (bicyclic) bond motifs is 1. The fourth-order valence-electron chi connectivity index (χ4n) is 1.88. The predicted octanol–water partition coefficient (Wildman–Crippen LogP) is 3.39. The van der Waals surface area contributed by atoms with Crippen LogP contribution >= 0.6 is 0 Å². The zero-order valence-electron chi connectivity index (χ0n) is 9.70. The summed E-state index contributed by atoms with van der Waals surface area (Å²) in [5.74, 6) is 0.742.